The molecule has 3 aromatic rings. The summed E-state index contributed by atoms with van der Waals surface area (Å²) in [6, 6.07) is 14.1. The number of carbonyl (C=O) groups is 3. The lowest BCUT2D eigenvalue weighted by Crippen LogP contribution is -2.23. The van der Waals surface area contributed by atoms with Crippen LogP contribution in [0.2, 0.25) is 0 Å². The van der Waals surface area contributed by atoms with Crippen LogP contribution in [0.1, 0.15) is 12.5 Å². The Morgan fingerprint density at radius 2 is 1.60 bits per heavy atom. The van der Waals surface area contributed by atoms with Gasteiger partial charge in [-0.2, -0.15) is 4.80 Å². The second-order valence-electron chi connectivity index (χ2n) is 6.48. The van der Waals surface area contributed by atoms with E-state index in [0.717, 1.165) is 15.9 Å². The molecule has 2 amide bonds. The number of carbonyl (C=O) groups excluding carboxylic acids is 3. The molecule has 0 saturated heterocycles. The van der Waals surface area contributed by atoms with Gasteiger partial charge in [0.05, 0.1) is 0 Å². The molecule has 1 heterocycles. The summed E-state index contributed by atoms with van der Waals surface area (Å²) >= 11 is 0. The smallest absolute Gasteiger partial charge is 0.330 e. The fraction of sp³-hybridized carbons (Fsp3) is 0.200. The summed E-state index contributed by atoms with van der Waals surface area (Å²) in [4.78, 5) is 36.0. The van der Waals surface area contributed by atoms with E-state index in [1.54, 1.807) is 24.3 Å². The lowest BCUT2D eigenvalue weighted by atomic mass is 10.1. The van der Waals surface area contributed by atoms with Gasteiger partial charge in [-0.3, -0.25) is 9.59 Å². The molecule has 0 aliphatic carbocycles. The Labute approximate surface area is 172 Å². The predicted molar refractivity (Wildman–Crippen MR) is 108 cm³/mol. The van der Waals surface area contributed by atoms with E-state index in [4.69, 9.17) is 4.74 Å². The first-order valence-electron chi connectivity index (χ1n) is 9.07. The van der Waals surface area contributed by atoms with E-state index in [9.17, 15) is 14.4 Å². The van der Waals surface area contributed by atoms with Crippen LogP contribution in [0, 0.1) is 6.92 Å². The minimum atomic E-state index is -0.668. The third-order valence-corrected chi connectivity index (χ3v) is 3.89. The number of ether oxygens (including phenoxy) is 1. The standard InChI is InChI=1S/C20H20N6O4/c1-13-3-5-15(6-4-13)20-23-25-26(24-20)11-19(29)30-12-18(28)22-17-9-7-16(8-10-17)21-14(2)27/h3-10H,11-12H2,1-2H3,(H,21,27)(H,22,28). The van der Waals surface area contributed by atoms with Crippen molar-refractivity contribution in [2.45, 2.75) is 20.4 Å². The number of hydrogen-bond acceptors (Lipinski definition) is 7. The van der Waals surface area contributed by atoms with E-state index in [1.807, 2.05) is 31.2 Å². The summed E-state index contributed by atoms with van der Waals surface area (Å²) in [5.41, 5.74) is 3.00. The van der Waals surface area contributed by atoms with Crippen molar-refractivity contribution in [3.63, 3.8) is 0 Å². The molecule has 2 N–H and O–H groups in total. The molecular formula is C20H20N6O4. The van der Waals surface area contributed by atoms with Gasteiger partial charge in [0.2, 0.25) is 11.7 Å². The monoisotopic (exact) mass is 408 g/mol. The summed E-state index contributed by atoms with van der Waals surface area (Å²) in [5, 5.41) is 17.1. The van der Waals surface area contributed by atoms with Gasteiger partial charge in [-0.1, -0.05) is 29.8 Å². The molecule has 10 heteroatoms. The third-order valence-electron chi connectivity index (χ3n) is 3.89. The van der Waals surface area contributed by atoms with Gasteiger partial charge in [0, 0.05) is 23.9 Å². The Hall–Kier alpha value is -4.08. The van der Waals surface area contributed by atoms with Crippen molar-refractivity contribution in [3.8, 4) is 11.4 Å². The number of hydrogen-bond donors (Lipinski definition) is 2. The summed E-state index contributed by atoms with van der Waals surface area (Å²) in [5.74, 6) is -0.962. The largest absolute Gasteiger partial charge is 0.454 e. The number of esters is 1. The number of nitrogens with one attached hydrogen (secondary N) is 2. The maximum absolute atomic E-state index is 11.9. The lowest BCUT2D eigenvalue weighted by Gasteiger charge is -2.07. The topological polar surface area (TPSA) is 128 Å². The van der Waals surface area contributed by atoms with Crippen molar-refractivity contribution in [2.24, 2.45) is 0 Å². The van der Waals surface area contributed by atoms with Gasteiger partial charge >= 0.3 is 5.97 Å². The van der Waals surface area contributed by atoms with Crippen LogP contribution in [-0.2, 0) is 25.7 Å². The molecule has 10 nitrogen and oxygen atoms in total. The fourth-order valence-corrected chi connectivity index (χ4v) is 2.47. The average Bonchev–Trinajstić information content (AvgIpc) is 3.16. The summed E-state index contributed by atoms with van der Waals surface area (Å²) in [7, 11) is 0. The van der Waals surface area contributed by atoms with E-state index in [2.05, 4.69) is 26.0 Å². The van der Waals surface area contributed by atoms with E-state index in [1.165, 1.54) is 6.92 Å². The zero-order chi connectivity index (χ0) is 21.5. The second kappa shape index (κ2) is 9.41. The average molecular weight is 408 g/mol. The summed E-state index contributed by atoms with van der Waals surface area (Å²) < 4.78 is 4.95. The van der Waals surface area contributed by atoms with Gasteiger partial charge < -0.3 is 15.4 Å². The highest BCUT2D eigenvalue weighted by Crippen LogP contribution is 2.14. The molecule has 3 rings (SSSR count). The molecule has 0 bridgehead atoms. The summed E-state index contributed by atoms with van der Waals surface area (Å²) in [6.07, 6.45) is 0. The first-order chi connectivity index (χ1) is 14.4. The molecule has 154 valence electrons. The molecule has 0 saturated carbocycles. The predicted octanol–water partition coefficient (Wildman–Crippen LogP) is 1.79. The third kappa shape index (κ3) is 5.96. The van der Waals surface area contributed by atoms with Crippen molar-refractivity contribution < 1.29 is 19.1 Å². The first kappa shape index (κ1) is 20.6. The molecule has 0 atom stereocenters. The highest BCUT2D eigenvalue weighted by atomic mass is 16.5. The molecular weight excluding hydrogens is 388 g/mol. The molecule has 2 aromatic carbocycles. The van der Waals surface area contributed by atoms with Crippen molar-refractivity contribution in [2.75, 3.05) is 17.2 Å². The zero-order valence-corrected chi connectivity index (χ0v) is 16.5. The maximum atomic E-state index is 11.9. The Balaban J connectivity index is 1.46. The number of aryl methyl sites for hydroxylation is 1. The van der Waals surface area contributed by atoms with Gasteiger partial charge in [-0.15, -0.1) is 10.2 Å². The van der Waals surface area contributed by atoms with Crippen LogP contribution in [0.5, 0.6) is 0 Å². The van der Waals surface area contributed by atoms with Crippen molar-refractivity contribution >= 4 is 29.2 Å². The van der Waals surface area contributed by atoms with Gasteiger partial charge in [-0.05, 0) is 36.4 Å². The van der Waals surface area contributed by atoms with E-state index >= 15 is 0 Å². The van der Waals surface area contributed by atoms with Crippen LogP contribution >= 0.6 is 0 Å². The van der Waals surface area contributed by atoms with Crippen molar-refractivity contribution in [1.29, 1.82) is 0 Å². The van der Waals surface area contributed by atoms with Crippen molar-refractivity contribution in [3.05, 3.63) is 54.1 Å². The van der Waals surface area contributed by atoms with Crippen LogP contribution in [0.15, 0.2) is 48.5 Å². The Morgan fingerprint density at radius 1 is 0.967 bits per heavy atom. The number of amides is 2. The number of aromatic nitrogens is 4. The van der Waals surface area contributed by atoms with E-state index < -0.39 is 18.5 Å². The number of benzene rings is 2. The van der Waals surface area contributed by atoms with Crippen LogP contribution in [0.3, 0.4) is 0 Å². The molecule has 0 radical (unpaired) electrons. The molecule has 0 fully saturated rings. The number of tetrazole rings is 1. The van der Waals surface area contributed by atoms with Crippen LogP contribution < -0.4 is 10.6 Å². The van der Waals surface area contributed by atoms with Gasteiger partial charge in [0.25, 0.3) is 5.91 Å². The number of nitrogens with zero attached hydrogens (tertiary/aromatic N) is 4. The highest BCUT2D eigenvalue weighted by molar-refractivity contribution is 5.93. The van der Waals surface area contributed by atoms with E-state index in [0.29, 0.717) is 17.2 Å². The van der Waals surface area contributed by atoms with E-state index in [-0.39, 0.29) is 12.5 Å². The fourth-order valence-electron chi connectivity index (χ4n) is 2.47. The van der Waals surface area contributed by atoms with Crippen molar-refractivity contribution in [1.82, 2.24) is 20.2 Å². The molecule has 1 aromatic heterocycles. The molecule has 0 aliphatic heterocycles. The quantitative estimate of drug-likeness (QED) is 0.570. The zero-order valence-electron chi connectivity index (χ0n) is 16.5. The molecule has 0 spiro atoms. The van der Waals surface area contributed by atoms with Gasteiger partial charge in [-0.25, -0.2) is 4.79 Å². The number of rotatable bonds is 7. The minimum absolute atomic E-state index is 0.188. The normalized spacial score (nSPS) is 10.3. The van der Waals surface area contributed by atoms with Crippen LogP contribution in [-0.4, -0.2) is 44.6 Å². The SMILES string of the molecule is CC(=O)Nc1ccc(NC(=O)COC(=O)Cn2nnc(-c3ccc(C)cc3)n2)cc1. The van der Waals surface area contributed by atoms with Crippen LogP contribution in [0.25, 0.3) is 11.4 Å². The first-order valence-corrected chi connectivity index (χ1v) is 9.07. The lowest BCUT2D eigenvalue weighted by molar-refractivity contribution is -0.148. The van der Waals surface area contributed by atoms with Gasteiger partial charge in [0.15, 0.2) is 13.2 Å². The Morgan fingerprint density at radius 3 is 2.23 bits per heavy atom. The Bertz CT molecular complexity index is 1040. The minimum Gasteiger partial charge on any atom is -0.454 e. The highest BCUT2D eigenvalue weighted by Gasteiger charge is 2.12. The van der Waals surface area contributed by atoms with Gasteiger partial charge in [0.1, 0.15) is 0 Å². The molecule has 0 unspecified atom stereocenters. The maximum Gasteiger partial charge on any atom is 0.330 e. The molecule has 0 aliphatic rings. The summed E-state index contributed by atoms with van der Waals surface area (Å²) in [6.45, 7) is 2.66. The molecule has 30 heavy (non-hydrogen) atoms. The van der Waals surface area contributed by atoms with Crippen LogP contribution in [0.4, 0.5) is 11.4 Å². The second-order valence-corrected chi connectivity index (χ2v) is 6.48. The number of anilines is 2. The Kier molecular flexibility index (Phi) is 6.48.